The van der Waals surface area contributed by atoms with Crippen LogP contribution in [0.5, 0.6) is 0 Å². The molecule has 7 heteroatoms. The first-order valence-electron chi connectivity index (χ1n) is 6.58. The Morgan fingerprint density at radius 3 is 2.19 bits per heavy atom. The molecule has 21 heavy (non-hydrogen) atoms. The molecule has 0 fully saturated rings. The van der Waals surface area contributed by atoms with E-state index in [1.54, 1.807) is 12.1 Å². The monoisotopic (exact) mass is 314 g/mol. The quantitative estimate of drug-likeness (QED) is 0.742. The standard InChI is InChI=1S/C14H22N2O4S/c1-14(2,3)8-10(13(17)18)9-16-11-4-6-12(7-5-11)21(15,19)20/h4-7,10,16H,8-9H2,1-3H3,(H,17,18)(H2,15,19,20). The molecule has 0 saturated carbocycles. The van der Waals surface area contributed by atoms with E-state index in [-0.39, 0.29) is 16.9 Å². The molecule has 0 aliphatic heterocycles. The summed E-state index contributed by atoms with van der Waals surface area (Å²) in [6.45, 7) is 6.25. The summed E-state index contributed by atoms with van der Waals surface area (Å²) in [6, 6.07) is 5.90. The molecule has 0 amide bonds. The van der Waals surface area contributed by atoms with Gasteiger partial charge in [-0.2, -0.15) is 0 Å². The van der Waals surface area contributed by atoms with Gasteiger partial charge in [0.2, 0.25) is 10.0 Å². The second-order valence-corrected chi connectivity index (χ2v) is 7.81. The van der Waals surface area contributed by atoms with Crippen molar-refractivity contribution in [2.45, 2.75) is 32.1 Å². The van der Waals surface area contributed by atoms with Crippen molar-refractivity contribution in [3.63, 3.8) is 0 Å². The van der Waals surface area contributed by atoms with Crippen LogP contribution in [0.4, 0.5) is 5.69 Å². The first-order chi connectivity index (χ1) is 9.49. The van der Waals surface area contributed by atoms with E-state index in [1.165, 1.54) is 12.1 Å². The molecule has 1 aromatic carbocycles. The maximum absolute atomic E-state index is 11.2. The van der Waals surface area contributed by atoms with E-state index in [9.17, 15) is 18.3 Å². The molecule has 1 aromatic rings. The number of carboxylic acid groups (broad SMARTS) is 1. The number of benzene rings is 1. The van der Waals surface area contributed by atoms with Crippen LogP contribution < -0.4 is 10.5 Å². The summed E-state index contributed by atoms with van der Waals surface area (Å²) in [7, 11) is -3.71. The molecular formula is C14H22N2O4S. The van der Waals surface area contributed by atoms with Gasteiger partial charge in [-0.1, -0.05) is 20.8 Å². The number of hydrogen-bond donors (Lipinski definition) is 3. The van der Waals surface area contributed by atoms with Crippen LogP contribution in [0, 0.1) is 11.3 Å². The molecule has 0 aliphatic carbocycles. The summed E-state index contributed by atoms with van der Waals surface area (Å²) in [4.78, 5) is 11.3. The third-order valence-corrected chi connectivity index (χ3v) is 3.87. The Morgan fingerprint density at radius 2 is 1.81 bits per heavy atom. The lowest BCUT2D eigenvalue weighted by atomic mass is 9.84. The number of nitrogens with two attached hydrogens (primary N) is 1. The SMILES string of the molecule is CC(C)(C)CC(CNc1ccc(S(N)(=O)=O)cc1)C(=O)O. The zero-order valence-electron chi connectivity index (χ0n) is 12.5. The maximum Gasteiger partial charge on any atom is 0.308 e. The fourth-order valence-corrected chi connectivity index (χ4v) is 2.50. The van der Waals surface area contributed by atoms with Crippen LogP contribution in [0.15, 0.2) is 29.2 Å². The Hall–Kier alpha value is -1.60. The Kier molecular flexibility index (Phi) is 5.36. The minimum Gasteiger partial charge on any atom is -0.481 e. The van der Waals surface area contributed by atoms with Gasteiger partial charge in [0.15, 0.2) is 0 Å². The number of primary sulfonamides is 1. The number of hydrogen-bond acceptors (Lipinski definition) is 4. The van der Waals surface area contributed by atoms with Crippen molar-refractivity contribution in [1.29, 1.82) is 0 Å². The molecule has 4 N–H and O–H groups in total. The number of carboxylic acids is 1. The molecule has 0 heterocycles. The van der Waals surface area contributed by atoms with Gasteiger partial charge in [0, 0.05) is 12.2 Å². The maximum atomic E-state index is 11.2. The van der Waals surface area contributed by atoms with Gasteiger partial charge in [0.05, 0.1) is 10.8 Å². The highest BCUT2D eigenvalue weighted by Gasteiger charge is 2.24. The third-order valence-electron chi connectivity index (χ3n) is 2.94. The molecule has 6 nitrogen and oxygen atoms in total. The van der Waals surface area contributed by atoms with E-state index in [4.69, 9.17) is 5.14 Å². The number of anilines is 1. The molecule has 0 aromatic heterocycles. The van der Waals surface area contributed by atoms with E-state index in [0.717, 1.165) is 0 Å². The van der Waals surface area contributed by atoms with Crippen LogP contribution in [-0.2, 0) is 14.8 Å². The van der Waals surface area contributed by atoms with Crippen LogP contribution in [0.25, 0.3) is 0 Å². The Morgan fingerprint density at radius 1 is 1.29 bits per heavy atom. The molecule has 0 aliphatic rings. The van der Waals surface area contributed by atoms with E-state index < -0.39 is 21.9 Å². The fourth-order valence-electron chi connectivity index (χ4n) is 1.99. The van der Waals surface area contributed by atoms with Gasteiger partial charge in [-0.3, -0.25) is 4.79 Å². The Balaban J connectivity index is 2.71. The van der Waals surface area contributed by atoms with Crippen LogP contribution in [-0.4, -0.2) is 26.0 Å². The fraction of sp³-hybridized carbons (Fsp3) is 0.500. The van der Waals surface area contributed by atoms with Crippen LogP contribution >= 0.6 is 0 Å². The van der Waals surface area contributed by atoms with Crippen molar-refractivity contribution in [2.75, 3.05) is 11.9 Å². The first-order valence-corrected chi connectivity index (χ1v) is 8.13. The lowest BCUT2D eigenvalue weighted by Gasteiger charge is -2.23. The number of nitrogens with one attached hydrogen (secondary N) is 1. The highest BCUT2D eigenvalue weighted by Crippen LogP contribution is 2.25. The lowest BCUT2D eigenvalue weighted by Crippen LogP contribution is -2.27. The average molecular weight is 314 g/mol. The van der Waals surface area contributed by atoms with Crippen LogP contribution in [0.1, 0.15) is 27.2 Å². The van der Waals surface area contributed by atoms with Gasteiger partial charge in [-0.15, -0.1) is 0 Å². The first kappa shape index (κ1) is 17.5. The second kappa shape index (κ2) is 6.44. The van der Waals surface area contributed by atoms with Crippen molar-refractivity contribution < 1.29 is 18.3 Å². The highest BCUT2D eigenvalue weighted by atomic mass is 32.2. The summed E-state index contributed by atoms with van der Waals surface area (Å²) >= 11 is 0. The van der Waals surface area contributed by atoms with Crippen molar-refractivity contribution >= 4 is 21.7 Å². The Bertz CT molecular complexity index is 588. The predicted molar refractivity (Wildman–Crippen MR) is 81.5 cm³/mol. The third kappa shape index (κ3) is 6.14. The summed E-state index contributed by atoms with van der Waals surface area (Å²) < 4.78 is 22.3. The topological polar surface area (TPSA) is 109 Å². The highest BCUT2D eigenvalue weighted by molar-refractivity contribution is 7.89. The molecule has 0 spiro atoms. The second-order valence-electron chi connectivity index (χ2n) is 6.25. The number of rotatable bonds is 6. The molecule has 1 unspecified atom stereocenters. The van der Waals surface area contributed by atoms with Crippen molar-refractivity contribution in [2.24, 2.45) is 16.5 Å². The van der Waals surface area contributed by atoms with E-state index in [1.807, 2.05) is 20.8 Å². The largest absolute Gasteiger partial charge is 0.481 e. The van der Waals surface area contributed by atoms with Crippen molar-refractivity contribution in [1.82, 2.24) is 0 Å². The lowest BCUT2D eigenvalue weighted by molar-refractivity contribution is -0.142. The van der Waals surface area contributed by atoms with Crippen molar-refractivity contribution in [3.05, 3.63) is 24.3 Å². The summed E-state index contributed by atoms with van der Waals surface area (Å²) in [6.07, 6.45) is 0.546. The van der Waals surface area contributed by atoms with Gasteiger partial charge in [-0.25, -0.2) is 13.6 Å². The zero-order chi connectivity index (χ0) is 16.3. The number of sulfonamides is 1. The predicted octanol–water partition coefficient (Wildman–Crippen LogP) is 1.88. The van der Waals surface area contributed by atoms with Gasteiger partial charge in [0.25, 0.3) is 0 Å². The smallest absolute Gasteiger partial charge is 0.308 e. The minimum absolute atomic E-state index is 0.0255. The summed E-state index contributed by atoms with van der Waals surface area (Å²) in [5.41, 5.74) is 0.574. The number of carbonyl (C=O) groups is 1. The van der Waals surface area contributed by atoms with Gasteiger partial charge in [0.1, 0.15) is 0 Å². The summed E-state index contributed by atoms with van der Waals surface area (Å²) in [5.74, 6) is -1.36. The van der Waals surface area contributed by atoms with Crippen LogP contribution in [0.2, 0.25) is 0 Å². The van der Waals surface area contributed by atoms with Gasteiger partial charge >= 0.3 is 5.97 Å². The molecule has 1 atom stereocenters. The van der Waals surface area contributed by atoms with E-state index >= 15 is 0 Å². The van der Waals surface area contributed by atoms with Crippen molar-refractivity contribution in [3.8, 4) is 0 Å². The molecule has 1 rings (SSSR count). The minimum atomic E-state index is -3.71. The molecular weight excluding hydrogens is 292 g/mol. The number of aliphatic carboxylic acids is 1. The molecule has 0 radical (unpaired) electrons. The van der Waals surface area contributed by atoms with E-state index in [0.29, 0.717) is 12.1 Å². The molecule has 0 bridgehead atoms. The average Bonchev–Trinajstić information content (AvgIpc) is 2.32. The summed E-state index contributed by atoms with van der Waals surface area (Å²) in [5, 5.41) is 17.3. The van der Waals surface area contributed by atoms with E-state index in [2.05, 4.69) is 5.32 Å². The molecule has 118 valence electrons. The van der Waals surface area contributed by atoms with Gasteiger partial charge in [-0.05, 0) is 36.1 Å². The zero-order valence-corrected chi connectivity index (χ0v) is 13.3. The van der Waals surface area contributed by atoms with Crippen LogP contribution in [0.3, 0.4) is 0 Å². The normalized spacial score (nSPS) is 13.7. The molecule has 0 saturated heterocycles. The van der Waals surface area contributed by atoms with Gasteiger partial charge < -0.3 is 10.4 Å². The Labute approximate surface area is 125 Å².